The number of rotatable bonds is 5. The van der Waals surface area contributed by atoms with Crippen LogP contribution in [0.3, 0.4) is 0 Å². The Hall–Kier alpha value is -3.32. The third-order valence-electron chi connectivity index (χ3n) is 4.02. The van der Waals surface area contributed by atoms with Gasteiger partial charge in [-0.15, -0.1) is 0 Å². The Morgan fingerprint density at radius 1 is 1.08 bits per heavy atom. The summed E-state index contributed by atoms with van der Waals surface area (Å²) in [6.07, 6.45) is 0. The van der Waals surface area contributed by atoms with Gasteiger partial charge in [-0.25, -0.2) is 0 Å². The fourth-order valence-electron chi connectivity index (χ4n) is 2.76. The van der Waals surface area contributed by atoms with Gasteiger partial charge in [0.15, 0.2) is 6.61 Å². The average molecular weight is 330 g/mol. The van der Waals surface area contributed by atoms with Crippen molar-refractivity contribution in [2.45, 2.75) is 13.0 Å². The quantitative estimate of drug-likeness (QED) is 0.770. The minimum atomic E-state index is -0.190. The van der Waals surface area contributed by atoms with Crippen molar-refractivity contribution in [1.82, 2.24) is 5.32 Å². The Labute approximate surface area is 146 Å². The summed E-state index contributed by atoms with van der Waals surface area (Å²) in [5, 5.41) is 14.0. The molecule has 3 aromatic rings. The van der Waals surface area contributed by atoms with Gasteiger partial charge in [-0.1, -0.05) is 42.5 Å². The lowest BCUT2D eigenvalue weighted by Crippen LogP contribution is -2.31. The number of nitrogens with zero attached hydrogens (tertiary/aromatic N) is 1. The summed E-state index contributed by atoms with van der Waals surface area (Å²) in [6.45, 7) is 1.89. The van der Waals surface area contributed by atoms with Crippen molar-refractivity contribution in [2.75, 3.05) is 6.61 Å². The van der Waals surface area contributed by atoms with Crippen LogP contribution in [-0.2, 0) is 4.79 Å². The Morgan fingerprint density at radius 2 is 1.80 bits per heavy atom. The molecule has 0 spiro atoms. The molecule has 3 rings (SSSR count). The number of ether oxygens (including phenoxy) is 1. The maximum Gasteiger partial charge on any atom is 0.258 e. The number of carbonyl (C=O) groups excluding carboxylic acids is 1. The molecule has 0 aliphatic carbocycles. The lowest BCUT2D eigenvalue weighted by molar-refractivity contribution is -0.123. The minimum absolute atomic E-state index is 0.0684. The molecule has 1 atom stereocenters. The number of nitrogens with one attached hydrogen (secondary N) is 1. The van der Waals surface area contributed by atoms with Gasteiger partial charge in [-0.2, -0.15) is 5.26 Å². The van der Waals surface area contributed by atoms with E-state index in [0.717, 1.165) is 16.3 Å². The standard InChI is InChI=1S/C21H18N2O2/c1-15(19-8-4-6-17-5-2-3-7-20(17)19)23-21(24)14-25-18-11-9-16(13-22)10-12-18/h2-12,15H,14H2,1H3,(H,23,24). The zero-order valence-corrected chi connectivity index (χ0v) is 13.9. The molecule has 1 amide bonds. The molecule has 0 saturated carbocycles. The van der Waals surface area contributed by atoms with Gasteiger partial charge in [0.25, 0.3) is 5.91 Å². The Kier molecular flexibility index (Phi) is 4.96. The molecule has 4 nitrogen and oxygen atoms in total. The number of hydrogen-bond donors (Lipinski definition) is 1. The topological polar surface area (TPSA) is 62.1 Å². The Balaban J connectivity index is 1.63. The molecular formula is C21H18N2O2. The van der Waals surface area contributed by atoms with Crippen LogP contribution in [0.5, 0.6) is 5.75 Å². The summed E-state index contributed by atoms with van der Waals surface area (Å²) in [7, 11) is 0. The van der Waals surface area contributed by atoms with Gasteiger partial charge < -0.3 is 10.1 Å². The average Bonchev–Trinajstić information content (AvgIpc) is 2.66. The normalized spacial score (nSPS) is 11.5. The van der Waals surface area contributed by atoms with E-state index in [9.17, 15) is 4.79 Å². The molecule has 0 saturated heterocycles. The summed E-state index contributed by atoms with van der Waals surface area (Å²) in [5.41, 5.74) is 1.63. The molecule has 1 N–H and O–H groups in total. The molecule has 0 heterocycles. The van der Waals surface area contributed by atoms with Crippen LogP contribution in [0, 0.1) is 11.3 Å². The Morgan fingerprint density at radius 3 is 2.56 bits per heavy atom. The number of nitriles is 1. The predicted octanol–water partition coefficient (Wildman–Crippen LogP) is 3.97. The number of amides is 1. The van der Waals surface area contributed by atoms with E-state index in [1.165, 1.54) is 0 Å². The highest BCUT2D eigenvalue weighted by Crippen LogP contribution is 2.24. The number of benzene rings is 3. The summed E-state index contributed by atoms with van der Waals surface area (Å²) in [6, 6.07) is 22.8. The number of fused-ring (bicyclic) bond motifs is 1. The molecule has 3 aromatic carbocycles. The van der Waals surface area contributed by atoms with Gasteiger partial charge >= 0.3 is 0 Å². The van der Waals surface area contributed by atoms with Crippen LogP contribution < -0.4 is 10.1 Å². The molecule has 4 heteroatoms. The van der Waals surface area contributed by atoms with E-state index >= 15 is 0 Å². The van der Waals surface area contributed by atoms with Crippen molar-refractivity contribution in [3.05, 3.63) is 77.9 Å². The molecule has 0 aliphatic rings. The minimum Gasteiger partial charge on any atom is -0.484 e. The van der Waals surface area contributed by atoms with Crippen LogP contribution in [0.4, 0.5) is 0 Å². The zero-order valence-electron chi connectivity index (χ0n) is 13.9. The second kappa shape index (κ2) is 7.50. The van der Waals surface area contributed by atoms with Crippen LogP contribution >= 0.6 is 0 Å². The van der Waals surface area contributed by atoms with Gasteiger partial charge in [0.1, 0.15) is 5.75 Å². The largest absolute Gasteiger partial charge is 0.484 e. The predicted molar refractivity (Wildman–Crippen MR) is 97.2 cm³/mol. The lowest BCUT2D eigenvalue weighted by Gasteiger charge is -2.17. The molecule has 0 bridgehead atoms. The molecule has 124 valence electrons. The van der Waals surface area contributed by atoms with Crippen molar-refractivity contribution in [1.29, 1.82) is 5.26 Å². The van der Waals surface area contributed by atoms with Crippen molar-refractivity contribution in [3.63, 3.8) is 0 Å². The maximum absolute atomic E-state index is 12.2. The van der Waals surface area contributed by atoms with E-state index in [1.54, 1.807) is 24.3 Å². The highest BCUT2D eigenvalue weighted by atomic mass is 16.5. The molecule has 0 aliphatic heterocycles. The SMILES string of the molecule is CC(NC(=O)COc1ccc(C#N)cc1)c1cccc2ccccc12. The summed E-state index contributed by atoms with van der Waals surface area (Å²) in [4.78, 5) is 12.2. The fraction of sp³-hybridized carbons (Fsp3) is 0.143. The maximum atomic E-state index is 12.2. The van der Waals surface area contributed by atoms with Crippen LogP contribution in [0.2, 0.25) is 0 Å². The van der Waals surface area contributed by atoms with E-state index in [4.69, 9.17) is 10.00 Å². The number of carbonyl (C=O) groups is 1. The smallest absolute Gasteiger partial charge is 0.258 e. The van der Waals surface area contributed by atoms with E-state index in [0.29, 0.717) is 11.3 Å². The van der Waals surface area contributed by atoms with Crippen molar-refractivity contribution >= 4 is 16.7 Å². The summed E-state index contributed by atoms with van der Waals surface area (Å²) < 4.78 is 5.47. The second-order valence-electron chi connectivity index (χ2n) is 5.78. The first-order valence-electron chi connectivity index (χ1n) is 8.07. The van der Waals surface area contributed by atoms with E-state index < -0.39 is 0 Å². The third kappa shape index (κ3) is 3.96. The van der Waals surface area contributed by atoms with Gasteiger partial charge in [0.05, 0.1) is 17.7 Å². The van der Waals surface area contributed by atoms with Gasteiger partial charge in [0, 0.05) is 0 Å². The molecule has 25 heavy (non-hydrogen) atoms. The van der Waals surface area contributed by atoms with Crippen LogP contribution in [0.25, 0.3) is 10.8 Å². The highest BCUT2D eigenvalue weighted by Gasteiger charge is 2.12. The van der Waals surface area contributed by atoms with Crippen LogP contribution in [-0.4, -0.2) is 12.5 Å². The van der Waals surface area contributed by atoms with Crippen LogP contribution in [0.15, 0.2) is 66.7 Å². The molecule has 0 radical (unpaired) electrons. The van der Waals surface area contributed by atoms with E-state index in [-0.39, 0.29) is 18.6 Å². The van der Waals surface area contributed by atoms with Crippen molar-refractivity contribution in [2.24, 2.45) is 0 Å². The molecular weight excluding hydrogens is 312 g/mol. The van der Waals surface area contributed by atoms with Crippen LogP contribution in [0.1, 0.15) is 24.1 Å². The van der Waals surface area contributed by atoms with E-state index in [1.807, 2.05) is 37.3 Å². The summed E-state index contributed by atoms with van der Waals surface area (Å²) >= 11 is 0. The molecule has 1 unspecified atom stereocenters. The monoisotopic (exact) mass is 330 g/mol. The third-order valence-corrected chi connectivity index (χ3v) is 4.02. The highest BCUT2D eigenvalue weighted by molar-refractivity contribution is 5.87. The van der Waals surface area contributed by atoms with Crippen molar-refractivity contribution in [3.8, 4) is 11.8 Å². The van der Waals surface area contributed by atoms with Crippen molar-refractivity contribution < 1.29 is 9.53 Å². The fourth-order valence-corrected chi connectivity index (χ4v) is 2.76. The first-order chi connectivity index (χ1) is 12.2. The van der Waals surface area contributed by atoms with Gasteiger partial charge in [0.2, 0.25) is 0 Å². The second-order valence-corrected chi connectivity index (χ2v) is 5.78. The summed E-state index contributed by atoms with van der Waals surface area (Å²) in [5.74, 6) is 0.372. The van der Waals surface area contributed by atoms with Gasteiger partial charge in [-0.05, 0) is 47.5 Å². The number of hydrogen-bond acceptors (Lipinski definition) is 3. The molecule has 0 aromatic heterocycles. The van der Waals surface area contributed by atoms with Gasteiger partial charge in [-0.3, -0.25) is 4.79 Å². The van der Waals surface area contributed by atoms with E-state index in [2.05, 4.69) is 23.5 Å². The first kappa shape index (κ1) is 16.5. The molecule has 0 fully saturated rings. The Bertz CT molecular complexity index is 921. The zero-order chi connectivity index (χ0) is 17.6. The lowest BCUT2D eigenvalue weighted by atomic mass is 10.00. The first-order valence-corrected chi connectivity index (χ1v) is 8.07.